The summed E-state index contributed by atoms with van der Waals surface area (Å²) < 4.78 is 0. The van der Waals surface area contributed by atoms with Gasteiger partial charge in [0.1, 0.15) is 16.3 Å². The second-order valence-electron chi connectivity index (χ2n) is 3.36. The van der Waals surface area contributed by atoms with Crippen molar-refractivity contribution >= 4 is 35.1 Å². The van der Waals surface area contributed by atoms with Gasteiger partial charge < -0.3 is 10.4 Å². The molecule has 1 atom stereocenters. The second kappa shape index (κ2) is 6.37. The number of nitrogens with one attached hydrogen (secondary N) is 1. The summed E-state index contributed by atoms with van der Waals surface area (Å²) in [6.07, 6.45) is 1.51. The number of aliphatic carboxylic acids is 1. The lowest BCUT2D eigenvalue weighted by molar-refractivity contribution is -0.139. The van der Waals surface area contributed by atoms with Gasteiger partial charge in [-0.3, -0.25) is 4.79 Å². The molecule has 0 aliphatic heterocycles. The average molecular weight is 289 g/mol. The molecule has 0 bridgehead atoms. The molecule has 1 rings (SSSR count). The summed E-state index contributed by atoms with van der Waals surface area (Å²) in [6.45, 7) is 3.42. The van der Waals surface area contributed by atoms with Crippen LogP contribution in [0.5, 0.6) is 0 Å². The summed E-state index contributed by atoms with van der Waals surface area (Å²) in [5.41, 5.74) is 0.0661. The summed E-state index contributed by atoms with van der Waals surface area (Å²) in [7, 11) is 0. The highest BCUT2D eigenvalue weighted by Crippen LogP contribution is 2.16. The van der Waals surface area contributed by atoms with E-state index in [0.29, 0.717) is 0 Å². The predicted octanol–water partition coefficient (Wildman–Crippen LogP) is 2.15. The van der Waals surface area contributed by atoms with Crippen molar-refractivity contribution in [2.75, 3.05) is 0 Å². The smallest absolute Gasteiger partial charge is 0.326 e. The van der Waals surface area contributed by atoms with Crippen molar-refractivity contribution in [2.45, 2.75) is 12.5 Å². The van der Waals surface area contributed by atoms with Gasteiger partial charge in [-0.25, -0.2) is 9.78 Å². The molecule has 96 valence electrons. The van der Waals surface area contributed by atoms with Crippen LogP contribution in [0.4, 0.5) is 0 Å². The molecule has 1 amide bonds. The Hall–Kier alpha value is -1.59. The van der Waals surface area contributed by atoms with E-state index in [1.807, 2.05) is 0 Å². The number of nitrogens with zero attached hydrogens (tertiary/aromatic N) is 1. The Balaban J connectivity index is 2.86. The predicted molar refractivity (Wildman–Crippen MR) is 68.0 cm³/mol. The number of aromatic nitrogens is 1. The molecule has 0 spiro atoms. The molecule has 0 saturated heterocycles. The molecular formula is C11H10Cl2N2O3. The Morgan fingerprint density at radius 1 is 1.50 bits per heavy atom. The number of hydrogen-bond acceptors (Lipinski definition) is 3. The molecule has 0 aliphatic rings. The largest absolute Gasteiger partial charge is 0.480 e. The van der Waals surface area contributed by atoms with Crippen molar-refractivity contribution in [3.8, 4) is 0 Å². The molecule has 1 unspecified atom stereocenters. The van der Waals surface area contributed by atoms with Crippen LogP contribution in [0.3, 0.4) is 0 Å². The van der Waals surface area contributed by atoms with Crippen molar-refractivity contribution in [3.05, 3.63) is 40.7 Å². The van der Waals surface area contributed by atoms with Crippen molar-refractivity contribution in [1.82, 2.24) is 10.3 Å². The van der Waals surface area contributed by atoms with Gasteiger partial charge in [0.15, 0.2) is 0 Å². The molecule has 1 aromatic heterocycles. The van der Waals surface area contributed by atoms with E-state index in [1.165, 1.54) is 18.2 Å². The second-order valence-corrected chi connectivity index (χ2v) is 4.11. The van der Waals surface area contributed by atoms with Gasteiger partial charge in [0.25, 0.3) is 5.91 Å². The Morgan fingerprint density at radius 3 is 2.67 bits per heavy atom. The Bertz CT molecular complexity index is 491. The van der Waals surface area contributed by atoms with Gasteiger partial charge in [0.2, 0.25) is 0 Å². The zero-order valence-corrected chi connectivity index (χ0v) is 10.7. The molecule has 5 nitrogen and oxygen atoms in total. The number of carboxylic acid groups (broad SMARTS) is 1. The lowest BCUT2D eigenvalue weighted by Crippen LogP contribution is -2.40. The van der Waals surface area contributed by atoms with Crippen LogP contribution in [-0.2, 0) is 4.79 Å². The number of amides is 1. The molecule has 0 aromatic carbocycles. The van der Waals surface area contributed by atoms with E-state index in [4.69, 9.17) is 28.3 Å². The summed E-state index contributed by atoms with van der Waals surface area (Å²) in [5.74, 6) is -1.78. The zero-order chi connectivity index (χ0) is 13.7. The van der Waals surface area contributed by atoms with Crippen LogP contribution in [-0.4, -0.2) is 28.0 Å². The van der Waals surface area contributed by atoms with Crippen LogP contribution in [0.25, 0.3) is 0 Å². The van der Waals surface area contributed by atoms with E-state index in [1.54, 1.807) is 0 Å². The number of halogens is 2. The molecule has 0 saturated carbocycles. The first-order valence-corrected chi connectivity index (χ1v) is 5.68. The maximum absolute atomic E-state index is 11.8. The number of pyridine rings is 1. The highest BCUT2D eigenvalue weighted by atomic mass is 35.5. The van der Waals surface area contributed by atoms with E-state index in [2.05, 4.69) is 16.9 Å². The van der Waals surface area contributed by atoms with E-state index < -0.39 is 17.9 Å². The van der Waals surface area contributed by atoms with Gasteiger partial charge in [0.05, 0.1) is 5.56 Å². The highest BCUT2D eigenvalue weighted by molar-refractivity contribution is 6.34. The highest BCUT2D eigenvalue weighted by Gasteiger charge is 2.20. The first-order valence-electron chi connectivity index (χ1n) is 4.92. The fourth-order valence-corrected chi connectivity index (χ4v) is 1.64. The van der Waals surface area contributed by atoms with Gasteiger partial charge in [0, 0.05) is 0 Å². The van der Waals surface area contributed by atoms with Crippen LogP contribution >= 0.6 is 23.2 Å². The third-order valence-electron chi connectivity index (χ3n) is 2.07. The van der Waals surface area contributed by atoms with E-state index >= 15 is 0 Å². The fraction of sp³-hybridized carbons (Fsp3) is 0.182. The van der Waals surface area contributed by atoms with Crippen molar-refractivity contribution in [1.29, 1.82) is 0 Å². The lowest BCUT2D eigenvalue weighted by Gasteiger charge is -2.12. The molecule has 7 heteroatoms. The maximum Gasteiger partial charge on any atom is 0.326 e. The average Bonchev–Trinajstić information content (AvgIpc) is 2.27. The molecule has 0 aliphatic carbocycles. The van der Waals surface area contributed by atoms with Crippen molar-refractivity contribution < 1.29 is 14.7 Å². The van der Waals surface area contributed by atoms with Crippen molar-refractivity contribution in [3.63, 3.8) is 0 Å². The number of carboxylic acids is 1. The van der Waals surface area contributed by atoms with E-state index in [9.17, 15) is 9.59 Å². The first kappa shape index (κ1) is 14.5. The number of rotatable bonds is 5. The number of carbonyl (C=O) groups is 2. The Labute approximate surface area is 113 Å². The number of carbonyl (C=O) groups excluding carboxylic acids is 1. The van der Waals surface area contributed by atoms with Gasteiger partial charge in [-0.2, -0.15) is 0 Å². The van der Waals surface area contributed by atoms with Crippen molar-refractivity contribution in [2.24, 2.45) is 0 Å². The standard InChI is InChI=1S/C11H10Cl2N2O3/c1-2-3-7(11(17)18)14-10(16)6-4-5-8(12)15-9(6)13/h2,4-5,7H,1,3H2,(H,14,16)(H,17,18). The molecule has 0 fully saturated rings. The first-order chi connectivity index (χ1) is 8.45. The van der Waals surface area contributed by atoms with E-state index in [-0.39, 0.29) is 22.3 Å². The lowest BCUT2D eigenvalue weighted by atomic mass is 10.2. The minimum atomic E-state index is -1.15. The fourth-order valence-electron chi connectivity index (χ4n) is 1.21. The summed E-state index contributed by atoms with van der Waals surface area (Å²) in [6, 6.07) is 1.72. The van der Waals surface area contributed by atoms with Gasteiger partial charge in [-0.1, -0.05) is 29.3 Å². The molecule has 18 heavy (non-hydrogen) atoms. The Morgan fingerprint density at radius 2 is 2.17 bits per heavy atom. The normalized spacial score (nSPS) is 11.7. The summed E-state index contributed by atoms with van der Waals surface area (Å²) in [5, 5.41) is 11.3. The maximum atomic E-state index is 11.8. The van der Waals surface area contributed by atoms with Crippen LogP contribution in [0, 0.1) is 0 Å². The van der Waals surface area contributed by atoms with E-state index in [0.717, 1.165) is 0 Å². The minimum Gasteiger partial charge on any atom is -0.480 e. The van der Waals surface area contributed by atoms with Gasteiger partial charge in [-0.05, 0) is 18.6 Å². The van der Waals surface area contributed by atoms with Crippen LogP contribution < -0.4 is 5.32 Å². The quantitative estimate of drug-likeness (QED) is 0.643. The molecule has 2 N–H and O–H groups in total. The molecular weight excluding hydrogens is 279 g/mol. The topological polar surface area (TPSA) is 79.3 Å². The van der Waals surface area contributed by atoms with Gasteiger partial charge in [-0.15, -0.1) is 6.58 Å². The third-order valence-corrected chi connectivity index (χ3v) is 2.56. The summed E-state index contributed by atoms with van der Waals surface area (Å²) in [4.78, 5) is 26.3. The molecule has 1 aromatic rings. The van der Waals surface area contributed by atoms with Gasteiger partial charge >= 0.3 is 5.97 Å². The molecule has 1 heterocycles. The monoisotopic (exact) mass is 288 g/mol. The summed E-state index contributed by atoms with van der Waals surface area (Å²) >= 11 is 11.3. The van der Waals surface area contributed by atoms with Crippen LogP contribution in [0.2, 0.25) is 10.3 Å². The Kier molecular flexibility index (Phi) is 5.12. The van der Waals surface area contributed by atoms with Crippen LogP contribution in [0.15, 0.2) is 24.8 Å². The SMILES string of the molecule is C=CCC(NC(=O)c1ccc(Cl)nc1Cl)C(=O)O. The minimum absolute atomic E-state index is 0.0661. The zero-order valence-electron chi connectivity index (χ0n) is 9.19. The third kappa shape index (κ3) is 3.72. The van der Waals surface area contributed by atoms with Crippen LogP contribution in [0.1, 0.15) is 16.8 Å². The number of hydrogen-bond donors (Lipinski definition) is 2. The molecule has 0 radical (unpaired) electrons.